The van der Waals surface area contributed by atoms with Crippen LogP contribution >= 0.6 is 0 Å². The molecule has 0 aliphatic heterocycles. The predicted molar refractivity (Wildman–Crippen MR) is 60.0 cm³/mol. The lowest BCUT2D eigenvalue weighted by Gasteiger charge is -2.06. The summed E-state index contributed by atoms with van der Waals surface area (Å²) in [7, 11) is -1.50. The summed E-state index contributed by atoms with van der Waals surface area (Å²) >= 11 is 0. The molecule has 2 rings (SSSR count). The van der Waals surface area contributed by atoms with E-state index in [9.17, 15) is 0 Å². The normalized spacial score (nSPS) is 9.93. The fourth-order valence-corrected chi connectivity index (χ4v) is 1.63. The van der Waals surface area contributed by atoms with E-state index in [4.69, 9.17) is 16.6 Å². The van der Waals surface area contributed by atoms with Crippen LogP contribution in [0.4, 0.5) is 5.69 Å². The SMILES string of the molecule is [C-]#[N+]c1ccc(B(O)O)c2ccccc12. The summed E-state index contributed by atoms with van der Waals surface area (Å²) in [6, 6.07) is 10.4. The van der Waals surface area contributed by atoms with Gasteiger partial charge in [-0.3, -0.25) is 0 Å². The average molecular weight is 197 g/mol. The van der Waals surface area contributed by atoms with Crippen molar-refractivity contribution in [2.24, 2.45) is 0 Å². The minimum absolute atomic E-state index is 0.429. The molecular weight excluding hydrogens is 189 g/mol. The van der Waals surface area contributed by atoms with Gasteiger partial charge in [0.15, 0.2) is 5.69 Å². The van der Waals surface area contributed by atoms with Gasteiger partial charge in [-0.05, 0) is 16.2 Å². The van der Waals surface area contributed by atoms with Crippen LogP contribution in [0.2, 0.25) is 0 Å². The van der Waals surface area contributed by atoms with Gasteiger partial charge in [0.05, 0.1) is 6.57 Å². The molecule has 0 aliphatic carbocycles. The highest BCUT2D eigenvalue weighted by molar-refractivity contribution is 6.62. The van der Waals surface area contributed by atoms with Crippen LogP contribution in [0.1, 0.15) is 0 Å². The van der Waals surface area contributed by atoms with E-state index in [1.165, 1.54) is 0 Å². The smallest absolute Gasteiger partial charge is 0.423 e. The predicted octanol–water partition coefficient (Wildman–Crippen LogP) is 1.07. The minimum Gasteiger partial charge on any atom is -0.423 e. The second kappa shape index (κ2) is 3.74. The van der Waals surface area contributed by atoms with Gasteiger partial charge in [0, 0.05) is 0 Å². The summed E-state index contributed by atoms with van der Waals surface area (Å²) in [5.74, 6) is 0. The Bertz CT molecular complexity index is 546. The molecule has 72 valence electrons. The minimum atomic E-state index is -1.50. The first-order valence-corrected chi connectivity index (χ1v) is 4.49. The Kier molecular flexibility index (Phi) is 2.42. The molecule has 2 aromatic carbocycles. The van der Waals surface area contributed by atoms with E-state index in [1.54, 1.807) is 24.3 Å². The Labute approximate surface area is 87.6 Å². The van der Waals surface area contributed by atoms with Crippen LogP contribution in [0.25, 0.3) is 15.6 Å². The van der Waals surface area contributed by atoms with Crippen LogP contribution in [0.5, 0.6) is 0 Å². The lowest BCUT2D eigenvalue weighted by atomic mass is 9.77. The Morgan fingerprint density at radius 3 is 2.27 bits per heavy atom. The molecule has 0 spiro atoms. The van der Waals surface area contributed by atoms with Crippen molar-refractivity contribution in [3.05, 3.63) is 47.8 Å². The molecule has 0 saturated carbocycles. The molecule has 0 radical (unpaired) electrons. The molecule has 0 aromatic heterocycles. The quantitative estimate of drug-likeness (QED) is 0.530. The van der Waals surface area contributed by atoms with Crippen molar-refractivity contribution in [1.82, 2.24) is 0 Å². The number of hydrogen-bond acceptors (Lipinski definition) is 2. The van der Waals surface area contributed by atoms with Gasteiger partial charge in [-0.1, -0.05) is 36.4 Å². The lowest BCUT2D eigenvalue weighted by Crippen LogP contribution is -2.30. The van der Waals surface area contributed by atoms with Crippen molar-refractivity contribution in [2.45, 2.75) is 0 Å². The van der Waals surface area contributed by atoms with Gasteiger partial charge in [-0.2, -0.15) is 0 Å². The lowest BCUT2D eigenvalue weighted by molar-refractivity contribution is 0.426. The number of nitrogens with zero attached hydrogens (tertiary/aromatic N) is 1. The zero-order chi connectivity index (χ0) is 10.8. The summed E-state index contributed by atoms with van der Waals surface area (Å²) in [5, 5.41) is 19.8. The van der Waals surface area contributed by atoms with E-state index in [0.29, 0.717) is 16.5 Å². The fourth-order valence-electron chi connectivity index (χ4n) is 1.63. The van der Waals surface area contributed by atoms with E-state index >= 15 is 0 Å². The monoisotopic (exact) mass is 197 g/mol. The van der Waals surface area contributed by atoms with E-state index < -0.39 is 7.12 Å². The molecule has 2 N–H and O–H groups in total. The first kappa shape index (κ1) is 9.72. The van der Waals surface area contributed by atoms with Gasteiger partial charge in [0.2, 0.25) is 0 Å². The standard InChI is InChI=1S/C11H8BNO2/c1-13-11-7-6-10(12(14)15)8-4-2-3-5-9(8)11/h2-7,14-15H. The second-order valence-electron chi connectivity index (χ2n) is 3.20. The zero-order valence-corrected chi connectivity index (χ0v) is 7.88. The molecule has 0 atom stereocenters. The van der Waals surface area contributed by atoms with Crippen molar-refractivity contribution in [1.29, 1.82) is 0 Å². The highest BCUT2D eigenvalue weighted by Gasteiger charge is 2.15. The highest BCUT2D eigenvalue weighted by atomic mass is 16.4. The first-order valence-electron chi connectivity index (χ1n) is 4.49. The molecule has 0 amide bonds. The van der Waals surface area contributed by atoms with Gasteiger partial charge in [0.1, 0.15) is 0 Å². The number of hydrogen-bond donors (Lipinski definition) is 2. The maximum atomic E-state index is 9.16. The van der Waals surface area contributed by atoms with Crippen molar-refractivity contribution in [3.63, 3.8) is 0 Å². The molecular formula is C11H8BNO2. The highest BCUT2D eigenvalue weighted by Crippen LogP contribution is 2.24. The maximum Gasteiger partial charge on any atom is 0.488 e. The van der Waals surface area contributed by atoms with Gasteiger partial charge >= 0.3 is 7.12 Å². The third-order valence-electron chi connectivity index (χ3n) is 2.33. The molecule has 0 heterocycles. The topological polar surface area (TPSA) is 44.8 Å². The number of benzene rings is 2. The van der Waals surface area contributed by atoms with E-state index in [1.807, 2.05) is 12.1 Å². The summed E-state index contributed by atoms with van der Waals surface area (Å²) < 4.78 is 0. The molecule has 3 nitrogen and oxygen atoms in total. The van der Waals surface area contributed by atoms with E-state index in [0.717, 1.165) is 5.39 Å². The summed E-state index contributed by atoms with van der Waals surface area (Å²) in [6.45, 7) is 7.00. The van der Waals surface area contributed by atoms with E-state index in [2.05, 4.69) is 4.85 Å². The van der Waals surface area contributed by atoms with Gasteiger partial charge < -0.3 is 10.0 Å². The third-order valence-corrected chi connectivity index (χ3v) is 2.33. The average Bonchev–Trinajstić information content (AvgIpc) is 2.27. The molecule has 2 aromatic rings. The van der Waals surface area contributed by atoms with Crippen molar-refractivity contribution >= 4 is 29.0 Å². The Balaban J connectivity index is 2.85. The van der Waals surface area contributed by atoms with Gasteiger partial charge in [-0.15, -0.1) is 0 Å². The van der Waals surface area contributed by atoms with Crippen LogP contribution in [-0.4, -0.2) is 17.2 Å². The van der Waals surface area contributed by atoms with Crippen LogP contribution in [0.15, 0.2) is 36.4 Å². The number of fused-ring (bicyclic) bond motifs is 1. The Hall–Kier alpha value is -1.83. The van der Waals surface area contributed by atoms with Gasteiger partial charge in [-0.25, -0.2) is 4.85 Å². The van der Waals surface area contributed by atoms with Crippen LogP contribution in [-0.2, 0) is 0 Å². The molecule has 0 fully saturated rings. The van der Waals surface area contributed by atoms with Crippen LogP contribution in [0.3, 0.4) is 0 Å². The Morgan fingerprint density at radius 1 is 1.00 bits per heavy atom. The van der Waals surface area contributed by atoms with Gasteiger partial charge in [0.25, 0.3) is 0 Å². The van der Waals surface area contributed by atoms with Crippen LogP contribution < -0.4 is 5.46 Å². The Morgan fingerprint density at radius 2 is 1.67 bits per heavy atom. The maximum absolute atomic E-state index is 9.16. The fraction of sp³-hybridized carbons (Fsp3) is 0. The molecule has 0 saturated heterocycles. The number of rotatable bonds is 1. The van der Waals surface area contributed by atoms with Crippen molar-refractivity contribution in [3.8, 4) is 0 Å². The van der Waals surface area contributed by atoms with Crippen molar-refractivity contribution in [2.75, 3.05) is 0 Å². The summed E-state index contributed by atoms with van der Waals surface area (Å²) in [6.07, 6.45) is 0. The summed E-state index contributed by atoms with van der Waals surface area (Å²) in [5.41, 5.74) is 0.952. The zero-order valence-electron chi connectivity index (χ0n) is 7.88. The summed E-state index contributed by atoms with van der Waals surface area (Å²) in [4.78, 5) is 3.39. The molecule has 0 bridgehead atoms. The molecule has 0 unspecified atom stereocenters. The van der Waals surface area contributed by atoms with Crippen LogP contribution in [0, 0.1) is 6.57 Å². The molecule has 4 heteroatoms. The van der Waals surface area contributed by atoms with Crippen molar-refractivity contribution < 1.29 is 10.0 Å². The first-order chi connectivity index (χ1) is 7.24. The third kappa shape index (κ3) is 1.59. The molecule has 15 heavy (non-hydrogen) atoms. The molecule has 0 aliphatic rings. The largest absolute Gasteiger partial charge is 0.488 e. The van der Waals surface area contributed by atoms with E-state index in [-0.39, 0.29) is 0 Å². The second-order valence-corrected chi connectivity index (χ2v) is 3.20.